The molecule has 2 aliphatic rings. The second-order valence-corrected chi connectivity index (χ2v) is 7.44. The molecule has 1 saturated heterocycles. The van der Waals surface area contributed by atoms with E-state index in [0.717, 1.165) is 0 Å². The van der Waals surface area contributed by atoms with Gasteiger partial charge in [-0.3, -0.25) is 4.79 Å². The molecule has 1 atom stereocenters. The molecule has 1 amide bonds. The largest absolute Gasteiger partial charge is 0.336 e. The molecule has 0 radical (unpaired) electrons. The molecule has 5 nitrogen and oxygen atoms in total. The molecule has 0 aliphatic carbocycles. The summed E-state index contributed by atoms with van der Waals surface area (Å²) in [5, 5.41) is 0. The Morgan fingerprint density at radius 1 is 1.47 bits per heavy atom. The highest BCUT2D eigenvalue weighted by Gasteiger charge is 2.31. The van der Waals surface area contributed by atoms with Crippen molar-refractivity contribution in [2.45, 2.75) is 18.9 Å². The summed E-state index contributed by atoms with van der Waals surface area (Å²) in [5.41, 5.74) is 0. The zero-order chi connectivity index (χ0) is 14.0. The van der Waals surface area contributed by atoms with Crippen LogP contribution in [0.15, 0.2) is 11.9 Å². The Hall–Kier alpha value is -0.950. The lowest BCUT2D eigenvalue weighted by Crippen LogP contribution is -2.49. The van der Waals surface area contributed by atoms with Crippen LogP contribution in [-0.4, -0.2) is 68.4 Å². The predicted molar refractivity (Wildman–Crippen MR) is 70.1 cm³/mol. The number of carbonyl (C=O) groups is 1. The summed E-state index contributed by atoms with van der Waals surface area (Å²) < 4.78 is 36.3. The fourth-order valence-corrected chi connectivity index (χ4v) is 4.12. The number of halogens is 1. The topological polar surface area (TPSA) is 57.7 Å². The van der Waals surface area contributed by atoms with Crippen molar-refractivity contribution in [2.75, 3.05) is 38.2 Å². The molecule has 2 heterocycles. The molecule has 2 rings (SSSR count). The molecule has 0 aromatic rings. The van der Waals surface area contributed by atoms with Gasteiger partial charge in [0.1, 0.15) is 5.83 Å². The second kappa shape index (κ2) is 5.58. The van der Waals surface area contributed by atoms with Crippen molar-refractivity contribution < 1.29 is 17.6 Å². The van der Waals surface area contributed by atoms with Crippen molar-refractivity contribution >= 4 is 15.7 Å². The van der Waals surface area contributed by atoms with Crippen LogP contribution in [-0.2, 0) is 14.6 Å². The lowest BCUT2D eigenvalue weighted by atomic mass is 10.1. The van der Waals surface area contributed by atoms with Gasteiger partial charge in [0.15, 0.2) is 9.84 Å². The van der Waals surface area contributed by atoms with Gasteiger partial charge in [-0.1, -0.05) is 0 Å². The number of carbonyl (C=O) groups excluding carboxylic acids is 1. The highest BCUT2D eigenvalue weighted by atomic mass is 32.2. The lowest BCUT2D eigenvalue weighted by molar-refractivity contribution is -0.132. The van der Waals surface area contributed by atoms with Crippen molar-refractivity contribution in [2.24, 2.45) is 0 Å². The molecule has 0 spiro atoms. The zero-order valence-electron chi connectivity index (χ0n) is 11.0. The maximum atomic E-state index is 13.1. The average molecular weight is 290 g/mol. The minimum absolute atomic E-state index is 0.0153. The molecule has 0 bridgehead atoms. The number of sulfone groups is 1. The third kappa shape index (κ3) is 3.76. The van der Waals surface area contributed by atoms with Crippen LogP contribution in [0.25, 0.3) is 0 Å². The van der Waals surface area contributed by atoms with Crippen LogP contribution in [0.4, 0.5) is 4.39 Å². The van der Waals surface area contributed by atoms with E-state index < -0.39 is 9.84 Å². The molecular formula is C12H19FN2O3S. The minimum Gasteiger partial charge on any atom is -0.336 e. The number of amides is 1. The van der Waals surface area contributed by atoms with Crippen LogP contribution in [0.3, 0.4) is 0 Å². The number of hydrogen-bond donors (Lipinski definition) is 0. The summed E-state index contributed by atoms with van der Waals surface area (Å²) in [6.07, 6.45) is 2.15. The first-order valence-corrected chi connectivity index (χ1v) is 8.22. The van der Waals surface area contributed by atoms with Crippen LogP contribution in [0, 0.1) is 0 Å². The van der Waals surface area contributed by atoms with Gasteiger partial charge in [0, 0.05) is 25.6 Å². The van der Waals surface area contributed by atoms with Crippen molar-refractivity contribution in [1.82, 2.24) is 9.80 Å². The van der Waals surface area contributed by atoms with Gasteiger partial charge in [-0.25, -0.2) is 12.8 Å². The first-order chi connectivity index (χ1) is 8.87. The molecule has 0 aromatic heterocycles. The molecule has 1 fully saturated rings. The highest BCUT2D eigenvalue weighted by molar-refractivity contribution is 7.91. The number of hydrogen-bond acceptors (Lipinski definition) is 4. The predicted octanol–water partition coefficient (Wildman–Crippen LogP) is 0.191. The van der Waals surface area contributed by atoms with E-state index in [-0.39, 0.29) is 42.2 Å². The molecule has 0 N–H and O–H groups in total. The molecule has 19 heavy (non-hydrogen) atoms. The summed E-state index contributed by atoms with van der Waals surface area (Å²) in [6, 6.07) is -0.291. The van der Waals surface area contributed by atoms with Gasteiger partial charge in [0.25, 0.3) is 0 Å². The third-order valence-corrected chi connectivity index (χ3v) is 5.39. The third-order valence-electron chi connectivity index (χ3n) is 3.69. The first-order valence-electron chi connectivity index (χ1n) is 6.40. The SMILES string of the molecule is CN1CCS(=O)(=O)CC1CC(=O)N1CCC=C(F)C1. The van der Waals surface area contributed by atoms with E-state index in [1.165, 1.54) is 11.0 Å². The van der Waals surface area contributed by atoms with Gasteiger partial charge in [-0.15, -0.1) is 0 Å². The van der Waals surface area contributed by atoms with E-state index in [1.807, 2.05) is 11.9 Å². The molecular weight excluding hydrogens is 271 g/mol. The average Bonchev–Trinajstić information content (AvgIpc) is 2.33. The summed E-state index contributed by atoms with van der Waals surface area (Å²) in [5.74, 6) is -0.294. The van der Waals surface area contributed by atoms with Gasteiger partial charge >= 0.3 is 0 Å². The maximum absolute atomic E-state index is 13.1. The van der Waals surface area contributed by atoms with Crippen molar-refractivity contribution in [3.63, 3.8) is 0 Å². The zero-order valence-corrected chi connectivity index (χ0v) is 11.8. The summed E-state index contributed by atoms with van der Waals surface area (Å²) in [6.45, 7) is 0.978. The molecule has 0 aromatic carbocycles. The molecule has 7 heteroatoms. The first kappa shape index (κ1) is 14.5. The van der Waals surface area contributed by atoms with Gasteiger partial charge in [-0.05, 0) is 19.5 Å². The Balaban J connectivity index is 1.96. The number of nitrogens with zero attached hydrogens (tertiary/aromatic N) is 2. The standard InChI is InChI=1S/C12H19FN2O3S/c1-14-5-6-19(17,18)9-11(14)7-12(16)15-4-2-3-10(13)8-15/h3,11H,2,4-9H2,1H3. The lowest BCUT2D eigenvalue weighted by Gasteiger charge is -2.33. The van der Waals surface area contributed by atoms with Crippen LogP contribution >= 0.6 is 0 Å². The van der Waals surface area contributed by atoms with Crippen LogP contribution < -0.4 is 0 Å². The highest BCUT2D eigenvalue weighted by Crippen LogP contribution is 2.17. The molecule has 2 aliphatic heterocycles. The van der Waals surface area contributed by atoms with Gasteiger partial charge in [0.05, 0.1) is 18.1 Å². The number of rotatable bonds is 2. The van der Waals surface area contributed by atoms with Crippen molar-refractivity contribution in [3.05, 3.63) is 11.9 Å². The maximum Gasteiger partial charge on any atom is 0.224 e. The molecule has 0 saturated carbocycles. The smallest absolute Gasteiger partial charge is 0.224 e. The minimum atomic E-state index is -3.05. The Morgan fingerprint density at radius 2 is 2.21 bits per heavy atom. The van der Waals surface area contributed by atoms with Gasteiger partial charge < -0.3 is 9.80 Å². The fraction of sp³-hybridized carbons (Fsp3) is 0.750. The van der Waals surface area contributed by atoms with E-state index in [2.05, 4.69) is 0 Å². The van der Waals surface area contributed by atoms with Gasteiger partial charge in [-0.2, -0.15) is 0 Å². The van der Waals surface area contributed by atoms with E-state index in [0.29, 0.717) is 19.5 Å². The second-order valence-electron chi connectivity index (χ2n) is 5.21. The van der Waals surface area contributed by atoms with Crippen LogP contribution in [0.1, 0.15) is 12.8 Å². The molecule has 108 valence electrons. The van der Waals surface area contributed by atoms with E-state index in [1.54, 1.807) is 0 Å². The summed E-state index contributed by atoms with van der Waals surface area (Å²) >= 11 is 0. The Kier molecular flexibility index (Phi) is 4.25. The Morgan fingerprint density at radius 3 is 2.89 bits per heavy atom. The Labute approximate surface area is 113 Å². The van der Waals surface area contributed by atoms with E-state index in [9.17, 15) is 17.6 Å². The molecule has 1 unspecified atom stereocenters. The van der Waals surface area contributed by atoms with Crippen molar-refractivity contribution in [3.8, 4) is 0 Å². The van der Waals surface area contributed by atoms with Gasteiger partial charge in [0.2, 0.25) is 5.91 Å². The monoisotopic (exact) mass is 290 g/mol. The van der Waals surface area contributed by atoms with Crippen LogP contribution in [0.5, 0.6) is 0 Å². The quantitative estimate of drug-likeness (QED) is 0.728. The van der Waals surface area contributed by atoms with Crippen LogP contribution in [0.2, 0.25) is 0 Å². The normalized spacial score (nSPS) is 28.0. The Bertz CT molecular complexity index is 489. The van der Waals surface area contributed by atoms with E-state index >= 15 is 0 Å². The van der Waals surface area contributed by atoms with E-state index in [4.69, 9.17) is 0 Å². The summed E-state index contributed by atoms with van der Waals surface area (Å²) in [7, 11) is -1.23. The van der Waals surface area contributed by atoms with Crippen molar-refractivity contribution in [1.29, 1.82) is 0 Å². The fourth-order valence-electron chi connectivity index (χ4n) is 2.43. The summed E-state index contributed by atoms with van der Waals surface area (Å²) in [4.78, 5) is 15.4.